The van der Waals surface area contributed by atoms with E-state index in [4.69, 9.17) is 9.97 Å². The van der Waals surface area contributed by atoms with E-state index in [0.717, 1.165) is 73.0 Å². The van der Waals surface area contributed by atoms with E-state index in [2.05, 4.69) is 154 Å². The average molecular weight is 704 g/mol. The van der Waals surface area contributed by atoms with Crippen LogP contribution in [-0.2, 0) is 0 Å². The van der Waals surface area contributed by atoms with Gasteiger partial charge in [0.1, 0.15) is 0 Å². The van der Waals surface area contributed by atoms with Gasteiger partial charge in [-0.25, -0.2) is 9.97 Å². The Morgan fingerprint density at radius 3 is 1.18 bits per heavy atom. The first kappa shape index (κ1) is 32.2. The van der Waals surface area contributed by atoms with Gasteiger partial charge in [-0.2, -0.15) is 0 Å². The number of rotatable bonds is 7. The maximum atomic E-state index is 5.05. The molecular weight excluding hydrogens is 671 g/mol. The number of hydrogen-bond acceptors (Lipinski definition) is 4. The van der Waals surface area contributed by atoms with Gasteiger partial charge < -0.3 is 4.57 Å². The lowest BCUT2D eigenvalue weighted by Crippen LogP contribution is -1.96. The zero-order valence-corrected chi connectivity index (χ0v) is 29.8. The standard InChI is InChI=1S/C50H33N5/c1-3-23-49-43(17-1)44-18-2-4-24-50(44)55(49)42-30-40(34-11-5-13-36(27-34)45-19-7-21-47(53-45)38-15-9-25-51-32-38)29-41(31-42)35-12-6-14-37(28-35)46-20-8-22-48(54-46)39-16-10-26-52-33-39/h1-33H. The van der Waals surface area contributed by atoms with Crippen LogP contribution in [-0.4, -0.2) is 24.5 Å². The summed E-state index contributed by atoms with van der Waals surface area (Å²) >= 11 is 0. The first-order chi connectivity index (χ1) is 27.2. The lowest BCUT2D eigenvalue weighted by molar-refractivity contribution is 1.18. The van der Waals surface area contributed by atoms with Crippen molar-refractivity contribution < 1.29 is 0 Å². The van der Waals surface area contributed by atoms with E-state index in [1.54, 1.807) is 12.4 Å². The highest BCUT2D eigenvalue weighted by atomic mass is 15.0. The summed E-state index contributed by atoms with van der Waals surface area (Å²) in [5, 5.41) is 2.46. The quantitative estimate of drug-likeness (QED) is 0.166. The Hall–Kier alpha value is -7.50. The van der Waals surface area contributed by atoms with E-state index < -0.39 is 0 Å². The van der Waals surface area contributed by atoms with Gasteiger partial charge in [-0.15, -0.1) is 0 Å². The summed E-state index contributed by atoms with van der Waals surface area (Å²) in [6.45, 7) is 0. The SMILES string of the molecule is c1cncc(-c2cccc(-c3cccc(-c4cc(-c5cccc(-c6cccc(-c7cccnc7)n6)c5)cc(-n5c6ccccc6c6ccccc65)c4)c3)n2)c1. The Balaban J connectivity index is 1.13. The first-order valence-corrected chi connectivity index (χ1v) is 18.4. The molecule has 0 radical (unpaired) electrons. The van der Waals surface area contributed by atoms with Crippen molar-refractivity contribution in [1.82, 2.24) is 24.5 Å². The van der Waals surface area contributed by atoms with E-state index >= 15 is 0 Å². The lowest BCUT2D eigenvalue weighted by atomic mass is 9.95. The molecule has 0 saturated heterocycles. The van der Waals surface area contributed by atoms with E-state index in [0.29, 0.717) is 0 Å². The summed E-state index contributed by atoms with van der Waals surface area (Å²) in [5.74, 6) is 0. The second kappa shape index (κ2) is 13.8. The molecule has 0 unspecified atom stereocenters. The minimum atomic E-state index is 0.895. The molecule has 5 nitrogen and oxygen atoms in total. The van der Waals surface area contributed by atoms with E-state index in [-0.39, 0.29) is 0 Å². The predicted molar refractivity (Wildman–Crippen MR) is 225 cm³/mol. The molecule has 0 atom stereocenters. The van der Waals surface area contributed by atoms with Crippen LogP contribution in [0.3, 0.4) is 0 Å². The van der Waals surface area contributed by atoms with Crippen LogP contribution in [0.15, 0.2) is 201 Å². The molecule has 0 saturated carbocycles. The van der Waals surface area contributed by atoms with Gasteiger partial charge >= 0.3 is 0 Å². The molecule has 0 bridgehead atoms. The summed E-state index contributed by atoms with van der Waals surface area (Å²) in [6, 6.07) is 61.9. The van der Waals surface area contributed by atoms with Crippen molar-refractivity contribution in [3.63, 3.8) is 0 Å². The number of hydrogen-bond donors (Lipinski definition) is 0. The predicted octanol–water partition coefficient (Wildman–Crippen LogP) is 12.4. The molecule has 0 amide bonds. The molecule has 0 fully saturated rings. The molecular formula is C50H33N5. The maximum Gasteiger partial charge on any atom is 0.0725 e. The van der Waals surface area contributed by atoms with Gasteiger partial charge in [0, 0.05) is 63.5 Å². The third-order valence-corrected chi connectivity index (χ3v) is 10.2. The molecule has 5 aromatic heterocycles. The molecule has 0 spiro atoms. The Kier molecular flexibility index (Phi) is 8.08. The normalized spacial score (nSPS) is 11.3. The fourth-order valence-electron chi connectivity index (χ4n) is 7.53. The van der Waals surface area contributed by atoms with Crippen LogP contribution in [0.1, 0.15) is 0 Å². The zero-order chi connectivity index (χ0) is 36.6. The smallest absolute Gasteiger partial charge is 0.0725 e. The minimum absolute atomic E-state index is 0.895. The van der Waals surface area contributed by atoms with Gasteiger partial charge in [0.15, 0.2) is 0 Å². The molecule has 5 heterocycles. The van der Waals surface area contributed by atoms with Gasteiger partial charge in [0.2, 0.25) is 0 Å². The van der Waals surface area contributed by atoms with Gasteiger partial charge in [0.25, 0.3) is 0 Å². The second-order valence-corrected chi connectivity index (χ2v) is 13.6. The molecule has 0 aliphatic carbocycles. The Bertz CT molecular complexity index is 2790. The van der Waals surface area contributed by atoms with Gasteiger partial charge in [0.05, 0.1) is 33.8 Å². The van der Waals surface area contributed by atoms with Crippen LogP contribution in [0.5, 0.6) is 0 Å². The number of aromatic nitrogens is 5. The third kappa shape index (κ3) is 6.14. The Labute approximate surface area is 318 Å². The molecule has 10 rings (SSSR count). The highest BCUT2D eigenvalue weighted by Gasteiger charge is 2.15. The number of fused-ring (bicyclic) bond motifs is 3. The Morgan fingerprint density at radius 2 is 0.709 bits per heavy atom. The van der Waals surface area contributed by atoms with Crippen LogP contribution in [0.2, 0.25) is 0 Å². The summed E-state index contributed by atoms with van der Waals surface area (Å²) in [4.78, 5) is 18.7. The second-order valence-electron chi connectivity index (χ2n) is 13.6. The van der Waals surface area contributed by atoms with Crippen LogP contribution in [0.4, 0.5) is 0 Å². The lowest BCUT2D eigenvalue weighted by Gasteiger charge is -2.15. The summed E-state index contributed by atoms with van der Waals surface area (Å²) in [7, 11) is 0. The van der Waals surface area contributed by atoms with Crippen molar-refractivity contribution in [2.75, 3.05) is 0 Å². The number of pyridine rings is 4. The number of para-hydroxylation sites is 2. The average Bonchev–Trinajstić information content (AvgIpc) is 3.61. The molecule has 258 valence electrons. The van der Waals surface area contributed by atoms with Crippen LogP contribution >= 0.6 is 0 Å². The van der Waals surface area contributed by atoms with Crippen LogP contribution in [0.25, 0.3) is 94.8 Å². The largest absolute Gasteiger partial charge is 0.309 e. The molecule has 5 heteroatoms. The minimum Gasteiger partial charge on any atom is -0.309 e. The van der Waals surface area contributed by atoms with Crippen molar-refractivity contribution in [3.05, 3.63) is 201 Å². The van der Waals surface area contributed by atoms with Crippen molar-refractivity contribution in [1.29, 1.82) is 0 Å². The number of nitrogens with zero attached hydrogens (tertiary/aromatic N) is 5. The maximum absolute atomic E-state index is 5.05. The number of benzene rings is 5. The van der Waals surface area contributed by atoms with Crippen LogP contribution < -0.4 is 0 Å². The van der Waals surface area contributed by atoms with Gasteiger partial charge in [-0.05, 0) is 113 Å². The summed E-state index contributed by atoms with van der Waals surface area (Å²) < 4.78 is 2.39. The fraction of sp³-hybridized carbons (Fsp3) is 0. The molecule has 0 aliphatic rings. The topological polar surface area (TPSA) is 56.5 Å². The third-order valence-electron chi connectivity index (χ3n) is 10.2. The zero-order valence-electron chi connectivity index (χ0n) is 29.8. The highest BCUT2D eigenvalue weighted by molar-refractivity contribution is 6.09. The van der Waals surface area contributed by atoms with Crippen molar-refractivity contribution in [2.24, 2.45) is 0 Å². The molecule has 10 aromatic rings. The monoisotopic (exact) mass is 703 g/mol. The van der Waals surface area contributed by atoms with E-state index in [1.807, 2.05) is 48.8 Å². The molecule has 0 N–H and O–H groups in total. The van der Waals surface area contributed by atoms with Crippen molar-refractivity contribution in [3.8, 4) is 73.0 Å². The molecule has 0 aliphatic heterocycles. The fourth-order valence-corrected chi connectivity index (χ4v) is 7.53. The van der Waals surface area contributed by atoms with Crippen molar-refractivity contribution in [2.45, 2.75) is 0 Å². The summed E-state index contributed by atoms with van der Waals surface area (Å²) in [6.07, 6.45) is 7.28. The summed E-state index contributed by atoms with van der Waals surface area (Å²) in [5.41, 5.74) is 15.6. The highest BCUT2D eigenvalue weighted by Crippen LogP contribution is 2.38. The van der Waals surface area contributed by atoms with Gasteiger partial charge in [-0.1, -0.05) is 84.9 Å². The molecule has 55 heavy (non-hydrogen) atoms. The molecule has 5 aromatic carbocycles. The first-order valence-electron chi connectivity index (χ1n) is 18.4. The van der Waals surface area contributed by atoms with Crippen LogP contribution in [0, 0.1) is 0 Å². The Morgan fingerprint density at radius 1 is 0.309 bits per heavy atom. The van der Waals surface area contributed by atoms with E-state index in [9.17, 15) is 0 Å². The van der Waals surface area contributed by atoms with Crippen molar-refractivity contribution >= 4 is 21.8 Å². The van der Waals surface area contributed by atoms with E-state index in [1.165, 1.54) is 21.8 Å². The van der Waals surface area contributed by atoms with Gasteiger partial charge in [-0.3, -0.25) is 9.97 Å².